The number of aryl methyl sites for hydroxylation is 1. The van der Waals surface area contributed by atoms with Crippen LogP contribution >= 0.6 is 0 Å². The molecule has 42 heavy (non-hydrogen) atoms. The van der Waals surface area contributed by atoms with Crippen LogP contribution in [0.25, 0.3) is 0 Å². The predicted octanol–water partition coefficient (Wildman–Crippen LogP) is 2.26. The fraction of sp³-hybridized carbons (Fsp3) is 0.462. The summed E-state index contributed by atoms with van der Waals surface area (Å²) in [6.07, 6.45) is 1.21. The van der Waals surface area contributed by atoms with Gasteiger partial charge in [-0.15, -0.1) is 0 Å². The molecular formula is C26H35N5O9S2. The summed E-state index contributed by atoms with van der Waals surface area (Å²) < 4.78 is 61.8. The van der Waals surface area contributed by atoms with Gasteiger partial charge in [0.25, 0.3) is 15.7 Å². The minimum atomic E-state index is -4.26. The van der Waals surface area contributed by atoms with Gasteiger partial charge in [0, 0.05) is 18.2 Å². The number of nitrogens with two attached hydrogens (primary N) is 1. The van der Waals surface area contributed by atoms with E-state index in [-0.39, 0.29) is 35.4 Å². The Labute approximate surface area is 244 Å². The van der Waals surface area contributed by atoms with E-state index in [1.165, 1.54) is 18.2 Å². The number of nitrogens with zero attached hydrogens (tertiary/aromatic N) is 2. The van der Waals surface area contributed by atoms with E-state index in [4.69, 9.17) is 10.5 Å². The normalized spacial score (nSPS) is 15.8. The standard InChI is InChI=1S/C26H35N5O9S2/c1-16-14-22-19(11-12-26(3,4)40-22)17(2)23(16)42(38,39)30-25(27)28-13-7-9-20(24(32)33)29-41(36,37)15-18-8-5-6-10-21(18)31(34)35/h5-6,8,10,14,20,29H,7,9,11-13,15H2,1-4H3,(H,32,33)(H3,27,28,30)/t20-/m0/s1. The number of rotatable bonds is 12. The van der Waals surface area contributed by atoms with Crippen LogP contribution in [0.4, 0.5) is 5.69 Å². The highest BCUT2D eigenvalue weighted by Gasteiger charge is 2.32. The molecule has 0 bridgehead atoms. The molecule has 2 aromatic carbocycles. The van der Waals surface area contributed by atoms with Crippen LogP contribution in [0.1, 0.15) is 55.4 Å². The van der Waals surface area contributed by atoms with E-state index in [2.05, 4.69) is 9.71 Å². The lowest BCUT2D eigenvalue weighted by Crippen LogP contribution is -2.41. The fourth-order valence-electron chi connectivity index (χ4n) is 4.78. The van der Waals surface area contributed by atoms with Gasteiger partial charge in [0.05, 0.1) is 15.6 Å². The van der Waals surface area contributed by atoms with Gasteiger partial charge in [-0.1, -0.05) is 18.2 Å². The zero-order valence-corrected chi connectivity index (χ0v) is 25.3. The molecular weight excluding hydrogens is 590 g/mol. The Hall–Kier alpha value is -3.76. The minimum Gasteiger partial charge on any atom is -0.488 e. The van der Waals surface area contributed by atoms with Gasteiger partial charge >= 0.3 is 5.97 Å². The summed E-state index contributed by atoms with van der Waals surface area (Å²) in [7, 11) is -8.37. The van der Waals surface area contributed by atoms with Crippen molar-refractivity contribution in [1.82, 2.24) is 9.44 Å². The summed E-state index contributed by atoms with van der Waals surface area (Å²) in [4.78, 5) is 26.2. The first-order valence-electron chi connectivity index (χ1n) is 13.0. The second-order valence-electron chi connectivity index (χ2n) is 10.7. The predicted molar refractivity (Wildman–Crippen MR) is 155 cm³/mol. The molecule has 1 heterocycles. The molecule has 0 unspecified atom stereocenters. The highest BCUT2D eigenvalue weighted by Crippen LogP contribution is 2.39. The zero-order chi connectivity index (χ0) is 31.5. The number of carbonyl (C=O) groups is 1. The maximum Gasteiger partial charge on any atom is 0.321 e. The minimum absolute atomic E-state index is 0.0391. The lowest BCUT2D eigenvalue weighted by atomic mass is 9.91. The summed E-state index contributed by atoms with van der Waals surface area (Å²) in [6.45, 7) is 7.20. The summed E-state index contributed by atoms with van der Waals surface area (Å²) in [5, 5.41) is 20.7. The Kier molecular flexibility index (Phi) is 9.85. The maximum absolute atomic E-state index is 13.2. The van der Waals surface area contributed by atoms with Crippen LogP contribution < -0.4 is 19.9 Å². The molecule has 1 aliphatic rings. The van der Waals surface area contributed by atoms with Crippen molar-refractivity contribution in [3.8, 4) is 5.75 Å². The average Bonchev–Trinajstić information content (AvgIpc) is 2.84. The molecule has 0 aliphatic carbocycles. The molecule has 0 aromatic heterocycles. The van der Waals surface area contributed by atoms with Crippen molar-refractivity contribution in [2.24, 2.45) is 10.7 Å². The lowest BCUT2D eigenvalue weighted by Gasteiger charge is -2.34. The summed E-state index contributed by atoms with van der Waals surface area (Å²) >= 11 is 0. The van der Waals surface area contributed by atoms with Gasteiger partial charge in [-0.05, 0) is 76.1 Å². The number of guanidine groups is 1. The highest BCUT2D eigenvalue weighted by molar-refractivity contribution is 7.90. The van der Waals surface area contributed by atoms with E-state index < -0.39 is 54.4 Å². The first kappa shape index (κ1) is 32.8. The number of aliphatic carboxylic acids is 1. The first-order chi connectivity index (χ1) is 19.4. The summed E-state index contributed by atoms with van der Waals surface area (Å²) in [5.41, 5.74) is 6.81. The van der Waals surface area contributed by atoms with E-state index in [0.717, 1.165) is 18.1 Å². The Morgan fingerprint density at radius 2 is 1.90 bits per heavy atom. The van der Waals surface area contributed by atoms with E-state index in [1.807, 2.05) is 18.6 Å². The number of aliphatic imine (C=N–C) groups is 1. The molecule has 0 saturated carbocycles. The zero-order valence-electron chi connectivity index (χ0n) is 23.7. The number of fused-ring (bicyclic) bond motifs is 1. The number of carboxylic acids is 1. The van der Waals surface area contributed by atoms with E-state index in [9.17, 15) is 36.9 Å². The number of nitro groups is 1. The molecule has 0 radical (unpaired) electrons. The van der Waals surface area contributed by atoms with Gasteiger partial charge < -0.3 is 15.6 Å². The number of sulfonamides is 2. The topological polar surface area (TPSA) is 220 Å². The number of benzene rings is 2. The third-order valence-electron chi connectivity index (χ3n) is 6.75. The second-order valence-corrected chi connectivity index (χ2v) is 14.0. The smallest absolute Gasteiger partial charge is 0.321 e. The van der Waals surface area contributed by atoms with Gasteiger partial charge in [-0.3, -0.25) is 19.9 Å². The summed E-state index contributed by atoms with van der Waals surface area (Å²) in [6, 6.07) is 5.39. The number of ether oxygens (including phenoxy) is 1. The average molecular weight is 626 g/mol. The molecule has 14 nitrogen and oxygen atoms in total. The van der Waals surface area contributed by atoms with E-state index in [1.54, 1.807) is 19.9 Å². The van der Waals surface area contributed by atoms with Crippen molar-refractivity contribution in [3.63, 3.8) is 0 Å². The van der Waals surface area contributed by atoms with Crippen molar-refractivity contribution >= 4 is 37.7 Å². The van der Waals surface area contributed by atoms with Crippen LogP contribution in [0.2, 0.25) is 0 Å². The monoisotopic (exact) mass is 625 g/mol. The molecule has 0 spiro atoms. The SMILES string of the molecule is Cc1cc2c(c(C)c1S(=O)(=O)NC(N)=NCCC[C@H](NS(=O)(=O)Cc1ccccc1[N+](=O)[O-])C(=O)O)CCC(C)(C)O2. The molecule has 16 heteroatoms. The van der Waals surface area contributed by atoms with Crippen molar-refractivity contribution in [1.29, 1.82) is 0 Å². The third-order valence-corrected chi connectivity index (χ3v) is 9.73. The quantitative estimate of drug-likeness (QED) is 0.0885. The van der Waals surface area contributed by atoms with E-state index >= 15 is 0 Å². The van der Waals surface area contributed by atoms with Gasteiger partial charge in [0.2, 0.25) is 16.0 Å². The van der Waals surface area contributed by atoms with Gasteiger partial charge in [0.15, 0.2) is 0 Å². The van der Waals surface area contributed by atoms with Crippen molar-refractivity contribution in [2.75, 3.05) is 6.54 Å². The largest absolute Gasteiger partial charge is 0.488 e. The molecule has 0 fully saturated rings. The lowest BCUT2D eigenvalue weighted by molar-refractivity contribution is -0.385. The molecule has 3 rings (SSSR count). The number of nitrogens with one attached hydrogen (secondary N) is 2. The molecule has 230 valence electrons. The molecule has 5 N–H and O–H groups in total. The van der Waals surface area contributed by atoms with Crippen LogP contribution in [0.3, 0.4) is 0 Å². The Morgan fingerprint density at radius 1 is 1.24 bits per heavy atom. The third kappa shape index (κ3) is 8.17. The van der Waals surface area contributed by atoms with Crippen LogP contribution in [-0.2, 0) is 37.0 Å². The Bertz CT molecular complexity index is 1620. The second kappa shape index (κ2) is 12.6. The molecule has 2 aromatic rings. The Balaban J connectivity index is 1.63. The van der Waals surface area contributed by atoms with Crippen LogP contribution in [0.15, 0.2) is 40.2 Å². The molecule has 0 saturated heterocycles. The van der Waals surface area contributed by atoms with Crippen LogP contribution in [0, 0.1) is 24.0 Å². The Morgan fingerprint density at radius 3 is 2.55 bits per heavy atom. The van der Waals surface area contributed by atoms with Crippen molar-refractivity contribution in [2.45, 2.75) is 75.7 Å². The van der Waals surface area contributed by atoms with Gasteiger partial charge in [-0.25, -0.2) is 26.3 Å². The molecule has 1 aliphatic heterocycles. The highest BCUT2D eigenvalue weighted by atomic mass is 32.2. The van der Waals surface area contributed by atoms with Crippen molar-refractivity contribution < 1.29 is 36.4 Å². The van der Waals surface area contributed by atoms with Crippen molar-refractivity contribution in [3.05, 3.63) is 62.7 Å². The summed E-state index contributed by atoms with van der Waals surface area (Å²) in [5.74, 6) is -2.00. The van der Waals surface area contributed by atoms with E-state index in [0.29, 0.717) is 23.3 Å². The molecule has 0 amide bonds. The van der Waals surface area contributed by atoms with Gasteiger partial charge in [-0.2, -0.15) is 0 Å². The maximum atomic E-state index is 13.2. The number of hydrogen-bond donors (Lipinski definition) is 4. The number of para-hydroxylation sites is 1. The van der Waals surface area contributed by atoms with Crippen LogP contribution in [0.5, 0.6) is 5.75 Å². The molecule has 1 atom stereocenters. The first-order valence-corrected chi connectivity index (χ1v) is 16.2. The fourth-order valence-corrected chi connectivity index (χ4v) is 7.62. The number of nitro benzene ring substituents is 1. The number of hydrogen-bond acceptors (Lipinski definition) is 9. The van der Waals surface area contributed by atoms with Gasteiger partial charge in [0.1, 0.15) is 17.4 Å². The van der Waals surface area contributed by atoms with Crippen LogP contribution in [-0.4, -0.2) is 57.0 Å². The number of carboxylic acid groups (broad SMARTS) is 1.